The molecule has 1 saturated heterocycles. The predicted molar refractivity (Wildman–Crippen MR) is 87.8 cm³/mol. The van der Waals surface area contributed by atoms with Gasteiger partial charge in [-0.05, 0) is 20.9 Å². The van der Waals surface area contributed by atoms with E-state index in [9.17, 15) is 10.2 Å². The SMILES string of the molecule is Cc1nc2c(N)ncnc2n1[C@]1(N(C)CCON)O[C@H](C)[C@@H](O)[C@H]1O. The minimum Gasteiger partial charge on any atom is -0.387 e. The molecule has 0 saturated carbocycles. The van der Waals surface area contributed by atoms with Crippen LogP contribution in [0.4, 0.5) is 5.82 Å². The van der Waals surface area contributed by atoms with Gasteiger partial charge in [0, 0.05) is 6.54 Å². The monoisotopic (exact) mass is 353 g/mol. The Morgan fingerprint density at radius 2 is 2.16 bits per heavy atom. The number of hydrogen-bond acceptors (Lipinski definition) is 10. The van der Waals surface area contributed by atoms with Gasteiger partial charge >= 0.3 is 0 Å². The lowest BCUT2D eigenvalue weighted by Gasteiger charge is -2.41. The van der Waals surface area contributed by atoms with Crippen molar-refractivity contribution in [3.05, 3.63) is 12.2 Å². The maximum absolute atomic E-state index is 10.9. The second-order valence-electron chi connectivity index (χ2n) is 6.13. The largest absolute Gasteiger partial charge is 0.387 e. The lowest BCUT2D eigenvalue weighted by Crippen LogP contribution is -2.58. The first-order valence-corrected chi connectivity index (χ1v) is 7.87. The van der Waals surface area contributed by atoms with Crippen molar-refractivity contribution < 1.29 is 19.8 Å². The Labute approximate surface area is 144 Å². The molecule has 0 bridgehead atoms. The number of nitrogen functional groups attached to an aromatic ring is 1. The predicted octanol–water partition coefficient (Wildman–Crippen LogP) is -1.71. The molecular formula is C14H23N7O4. The van der Waals surface area contributed by atoms with Crippen LogP contribution in [0.5, 0.6) is 0 Å². The Hall–Kier alpha value is -1.89. The third kappa shape index (κ3) is 2.56. The maximum Gasteiger partial charge on any atom is 0.237 e. The Kier molecular flexibility index (Phi) is 4.62. The number of aryl methyl sites for hydroxylation is 1. The van der Waals surface area contributed by atoms with E-state index in [2.05, 4.69) is 19.8 Å². The van der Waals surface area contributed by atoms with Gasteiger partial charge in [0.15, 0.2) is 17.0 Å². The highest BCUT2D eigenvalue weighted by atomic mass is 16.6. The fourth-order valence-electron chi connectivity index (χ4n) is 3.32. The number of aromatic nitrogens is 4. The third-order valence-corrected chi connectivity index (χ3v) is 4.60. The second kappa shape index (κ2) is 6.44. The van der Waals surface area contributed by atoms with Crippen LogP contribution >= 0.6 is 0 Å². The summed E-state index contributed by atoms with van der Waals surface area (Å²) >= 11 is 0. The van der Waals surface area contributed by atoms with Gasteiger partial charge in [-0.2, -0.15) is 0 Å². The highest BCUT2D eigenvalue weighted by molar-refractivity contribution is 5.82. The van der Waals surface area contributed by atoms with E-state index >= 15 is 0 Å². The van der Waals surface area contributed by atoms with Gasteiger partial charge in [0.1, 0.15) is 24.4 Å². The lowest BCUT2D eigenvalue weighted by molar-refractivity contribution is -0.232. The van der Waals surface area contributed by atoms with Crippen LogP contribution < -0.4 is 11.6 Å². The summed E-state index contributed by atoms with van der Waals surface area (Å²) in [6, 6.07) is 0. The lowest BCUT2D eigenvalue weighted by atomic mass is 10.1. The van der Waals surface area contributed by atoms with E-state index in [1.165, 1.54) is 6.33 Å². The number of nitrogens with two attached hydrogens (primary N) is 2. The first kappa shape index (κ1) is 17.9. The van der Waals surface area contributed by atoms with Crippen LogP contribution in [-0.2, 0) is 15.4 Å². The summed E-state index contributed by atoms with van der Waals surface area (Å²) in [5.74, 6) is 4.41. The molecule has 0 unspecified atom stereocenters. The average Bonchev–Trinajstić information content (AvgIpc) is 3.03. The van der Waals surface area contributed by atoms with Crippen molar-refractivity contribution in [2.24, 2.45) is 5.90 Å². The minimum atomic E-state index is -1.45. The molecule has 1 aliphatic rings. The van der Waals surface area contributed by atoms with E-state index in [0.29, 0.717) is 23.5 Å². The summed E-state index contributed by atoms with van der Waals surface area (Å²) in [6.07, 6.45) is -1.67. The molecule has 6 N–H and O–H groups in total. The number of aliphatic hydroxyl groups excluding tert-OH is 2. The Bertz CT molecular complexity index is 769. The number of ether oxygens (including phenoxy) is 1. The van der Waals surface area contributed by atoms with Gasteiger partial charge < -0.3 is 25.5 Å². The van der Waals surface area contributed by atoms with Crippen molar-refractivity contribution in [1.29, 1.82) is 0 Å². The highest BCUT2D eigenvalue weighted by Gasteiger charge is 2.58. The number of rotatable bonds is 5. The zero-order valence-electron chi connectivity index (χ0n) is 14.3. The maximum atomic E-state index is 10.9. The zero-order valence-corrected chi connectivity index (χ0v) is 14.3. The summed E-state index contributed by atoms with van der Waals surface area (Å²) in [4.78, 5) is 18.9. The van der Waals surface area contributed by atoms with Crippen LogP contribution in [-0.4, -0.2) is 73.1 Å². The van der Waals surface area contributed by atoms with Crippen LogP contribution in [0.2, 0.25) is 0 Å². The van der Waals surface area contributed by atoms with E-state index < -0.39 is 24.2 Å². The molecular weight excluding hydrogens is 330 g/mol. The highest BCUT2D eigenvalue weighted by Crippen LogP contribution is 2.40. The Balaban J connectivity index is 2.23. The number of fused-ring (bicyclic) bond motifs is 1. The fraction of sp³-hybridized carbons (Fsp3) is 0.643. The average molecular weight is 353 g/mol. The normalized spacial score (nSPS) is 29.8. The minimum absolute atomic E-state index is 0.196. The number of likely N-dealkylation sites (N-methyl/N-ethyl adjacent to an activating group) is 1. The second-order valence-corrected chi connectivity index (χ2v) is 6.13. The van der Waals surface area contributed by atoms with Crippen LogP contribution in [0.25, 0.3) is 11.2 Å². The first-order valence-electron chi connectivity index (χ1n) is 7.87. The van der Waals surface area contributed by atoms with Crippen LogP contribution in [0.15, 0.2) is 6.33 Å². The summed E-state index contributed by atoms with van der Waals surface area (Å²) in [5, 5.41) is 21.2. The molecule has 0 radical (unpaired) electrons. The zero-order chi connectivity index (χ0) is 18.4. The number of hydrogen-bond donors (Lipinski definition) is 4. The van der Waals surface area contributed by atoms with Crippen molar-refractivity contribution in [3.63, 3.8) is 0 Å². The van der Waals surface area contributed by atoms with Gasteiger partial charge in [0.2, 0.25) is 5.85 Å². The van der Waals surface area contributed by atoms with Crippen LogP contribution in [0, 0.1) is 6.92 Å². The molecule has 3 rings (SSSR count). The molecule has 2 aromatic rings. The Morgan fingerprint density at radius 1 is 1.44 bits per heavy atom. The first-order chi connectivity index (χ1) is 11.8. The van der Waals surface area contributed by atoms with E-state index in [1.807, 2.05) is 0 Å². The Morgan fingerprint density at radius 3 is 2.76 bits per heavy atom. The van der Waals surface area contributed by atoms with E-state index in [4.69, 9.17) is 16.4 Å². The number of imidazole rings is 1. The fourth-order valence-corrected chi connectivity index (χ4v) is 3.32. The molecule has 0 aliphatic carbocycles. The van der Waals surface area contributed by atoms with E-state index in [0.717, 1.165) is 0 Å². The molecule has 25 heavy (non-hydrogen) atoms. The molecule has 138 valence electrons. The quantitative estimate of drug-likeness (QED) is 0.456. The van der Waals surface area contributed by atoms with Gasteiger partial charge in [-0.1, -0.05) is 0 Å². The third-order valence-electron chi connectivity index (χ3n) is 4.60. The molecule has 4 atom stereocenters. The van der Waals surface area contributed by atoms with E-state index in [1.54, 1.807) is 30.4 Å². The van der Waals surface area contributed by atoms with Crippen LogP contribution in [0.3, 0.4) is 0 Å². The van der Waals surface area contributed by atoms with Crippen molar-refractivity contribution in [3.8, 4) is 0 Å². The van der Waals surface area contributed by atoms with Gasteiger partial charge in [0.05, 0.1) is 12.7 Å². The molecule has 0 amide bonds. The molecule has 3 heterocycles. The molecule has 11 heteroatoms. The molecule has 1 fully saturated rings. The topological polar surface area (TPSA) is 158 Å². The smallest absolute Gasteiger partial charge is 0.237 e. The van der Waals surface area contributed by atoms with Crippen LogP contribution in [0.1, 0.15) is 12.7 Å². The molecule has 1 aliphatic heterocycles. The molecule has 2 aromatic heterocycles. The summed E-state index contributed by atoms with van der Waals surface area (Å²) in [5.41, 5.74) is 6.69. The number of anilines is 1. The summed E-state index contributed by atoms with van der Waals surface area (Å²) < 4.78 is 7.68. The summed E-state index contributed by atoms with van der Waals surface area (Å²) in [6.45, 7) is 3.94. The summed E-state index contributed by atoms with van der Waals surface area (Å²) in [7, 11) is 1.73. The number of aliphatic hydroxyl groups is 2. The molecule has 11 nitrogen and oxygen atoms in total. The van der Waals surface area contributed by atoms with Gasteiger partial charge in [-0.3, -0.25) is 9.47 Å². The number of nitrogens with zero attached hydrogens (tertiary/aromatic N) is 5. The van der Waals surface area contributed by atoms with E-state index in [-0.39, 0.29) is 12.4 Å². The molecule has 0 aromatic carbocycles. The van der Waals surface area contributed by atoms with Crippen molar-refractivity contribution >= 4 is 17.0 Å². The van der Waals surface area contributed by atoms with Gasteiger partial charge in [-0.15, -0.1) is 0 Å². The molecule has 0 spiro atoms. The van der Waals surface area contributed by atoms with Crippen molar-refractivity contribution in [2.75, 3.05) is 25.9 Å². The van der Waals surface area contributed by atoms with Gasteiger partial charge in [-0.25, -0.2) is 20.8 Å². The van der Waals surface area contributed by atoms with Crippen molar-refractivity contribution in [2.45, 2.75) is 38.0 Å². The van der Waals surface area contributed by atoms with Crippen molar-refractivity contribution in [1.82, 2.24) is 24.4 Å². The van der Waals surface area contributed by atoms with Gasteiger partial charge in [0.25, 0.3) is 0 Å². The standard InChI is InChI=1S/C14H23N7O4/c1-7-10(22)11(23)14(25-7,20(3)4-5-24-16)21-8(2)19-9-12(15)17-6-18-13(9)21/h6-7,10-11,22-23H,4-5,16H2,1-3H3,(H2,15,17,18)/t7-,10-,11-,14+/m1/s1.